The molecule has 100 valence electrons. The average Bonchev–Trinajstić information content (AvgIpc) is 2.36. The fourth-order valence-electron chi connectivity index (χ4n) is 1.35. The fourth-order valence-corrected chi connectivity index (χ4v) is 1.35. The molecule has 1 aromatic rings. The first kappa shape index (κ1) is 14.5. The summed E-state index contributed by atoms with van der Waals surface area (Å²) in [6, 6.07) is 8.15. The standard InChI is InChI=1S/C13H16N4O2/c1-9(2)16-13(19)15-8-12(18)17-11-5-3-4-10(6-11)7-14/h3-6,9H,8H2,1-2H3,(H,17,18)(H2,15,16,19). The molecule has 0 radical (unpaired) electrons. The first-order valence-corrected chi connectivity index (χ1v) is 5.85. The molecule has 0 bridgehead atoms. The van der Waals surface area contributed by atoms with Gasteiger partial charge in [0.25, 0.3) is 0 Å². The third kappa shape index (κ3) is 5.55. The summed E-state index contributed by atoms with van der Waals surface area (Å²) < 4.78 is 0. The third-order valence-electron chi connectivity index (χ3n) is 2.10. The Morgan fingerprint density at radius 1 is 1.37 bits per heavy atom. The second kappa shape index (κ2) is 7.01. The molecule has 1 rings (SSSR count). The molecular weight excluding hydrogens is 244 g/mol. The van der Waals surface area contributed by atoms with Gasteiger partial charge in [0.2, 0.25) is 5.91 Å². The first-order valence-electron chi connectivity index (χ1n) is 5.85. The number of amides is 3. The van der Waals surface area contributed by atoms with Crippen LogP contribution >= 0.6 is 0 Å². The molecule has 0 saturated heterocycles. The second-order valence-electron chi connectivity index (χ2n) is 4.22. The van der Waals surface area contributed by atoms with E-state index in [9.17, 15) is 9.59 Å². The Hall–Kier alpha value is -2.55. The van der Waals surface area contributed by atoms with Gasteiger partial charge in [-0.2, -0.15) is 5.26 Å². The number of hydrogen-bond acceptors (Lipinski definition) is 3. The number of hydrogen-bond donors (Lipinski definition) is 3. The number of nitrogens with zero attached hydrogens (tertiary/aromatic N) is 1. The van der Waals surface area contributed by atoms with Crippen LogP contribution in [0.25, 0.3) is 0 Å². The van der Waals surface area contributed by atoms with Crippen molar-refractivity contribution in [3.63, 3.8) is 0 Å². The molecule has 3 amide bonds. The molecule has 0 unspecified atom stereocenters. The van der Waals surface area contributed by atoms with E-state index < -0.39 is 6.03 Å². The SMILES string of the molecule is CC(C)NC(=O)NCC(=O)Nc1cccc(C#N)c1. The predicted molar refractivity (Wildman–Crippen MR) is 71.5 cm³/mol. The molecule has 19 heavy (non-hydrogen) atoms. The largest absolute Gasteiger partial charge is 0.336 e. The Morgan fingerprint density at radius 2 is 2.11 bits per heavy atom. The molecule has 0 spiro atoms. The van der Waals surface area contributed by atoms with Crippen molar-refractivity contribution in [2.24, 2.45) is 0 Å². The monoisotopic (exact) mass is 260 g/mol. The van der Waals surface area contributed by atoms with E-state index in [4.69, 9.17) is 5.26 Å². The summed E-state index contributed by atoms with van der Waals surface area (Å²) in [5.74, 6) is -0.353. The van der Waals surface area contributed by atoms with Crippen molar-refractivity contribution in [1.82, 2.24) is 10.6 Å². The van der Waals surface area contributed by atoms with Gasteiger partial charge in [-0.1, -0.05) is 6.07 Å². The zero-order chi connectivity index (χ0) is 14.3. The lowest BCUT2D eigenvalue weighted by molar-refractivity contribution is -0.115. The molecule has 0 heterocycles. The van der Waals surface area contributed by atoms with Crippen LogP contribution in [0.15, 0.2) is 24.3 Å². The molecular formula is C13H16N4O2. The second-order valence-corrected chi connectivity index (χ2v) is 4.22. The van der Waals surface area contributed by atoms with Crippen LogP contribution in [0.5, 0.6) is 0 Å². The predicted octanol–water partition coefficient (Wildman–Crippen LogP) is 1.20. The topological polar surface area (TPSA) is 94.0 Å². The summed E-state index contributed by atoms with van der Waals surface area (Å²) in [7, 11) is 0. The summed E-state index contributed by atoms with van der Waals surface area (Å²) in [5.41, 5.74) is 0.985. The Morgan fingerprint density at radius 3 is 2.74 bits per heavy atom. The van der Waals surface area contributed by atoms with Gasteiger partial charge in [0.05, 0.1) is 18.2 Å². The summed E-state index contributed by atoms with van der Waals surface area (Å²) >= 11 is 0. The molecule has 0 aliphatic carbocycles. The highest BCUT2D eigenvalue weighted by atomic mass is 16.2. The van der Waals surface area contributed by atoms with Crippen LogP contribution in [-0.4, -0.2) is 24.5 Å². The van der Waals surface area contributed by atoms with Crippen LogP contribution in [0.1, 0.15) is 19.4 Å². The zero-order valence-electron chi connectivity index (χ0n) is 10.9. The van der Waals surface area contributed by atoms with Gasteiger partial charge in [0.1, 0.15) is 0 Å². The number of carbonyl (C=O) groups is 2. The Kier molecular flexibility index (Phi) is 5.35. The quantitative estimate of drug-likeness (QED) is 0.759. The third-order valence-corrected chi connectivity index (χ3v) is 2.10. The molecule has 6 nitrogen and oxygen atoms in total. The average molecular weight is 260 g/mol. The maximum atomic E-state index is 11.6. The number of urea groups is 1. The van der Waals surface area contributed by atoms with E-state index in [1.54, 1.807) is 24.3 Å². The Bertz CT molecular complexity index is 506. The van der Waals surface area contributed by atoms with E-state index in [2.05, 4.69) is 16.0 Å². The molecule has 0 atom stereocenters. The van der Waals surface area contributed by atoms with Gasteiger partial charge in [0, 0.05) is 11.7 Å². The number of benzene rings is 1. The van der Waals surface area contributed by atoms with Crippen molar-refractivity contribution in [2.75, 3.05) is 11.9 Å². The van der Waals surface area contributed by atoms with Gasteiger partial charge in [-0.15, -0.1) is 0 Å². The van der Waals surface area contributed by atoms with E-state index in [-0.39, 0.29) is 18.5 Å². The lowest BCUT2D eigenvalue weighted by atomic mass is 10.2. The fraction of sp³-hybridized carbons (Fsp3) is 0.308. The van der Waals surface area contributed by atoms with E-state index in [0.29, 0.717) is 11.3 Å². The van der Waals surface area contributed by atoms with Gasteiger partial charge in [-0.3, -0.25) is 4.79 Å². The van der Waals surface area contributed by atoms with Crippen molar-refractivity contribution < 1.29 is 9.59 Å². The van der Waals surface area contributed by atoms with E-state index in [1.807, 2.05) is 19.9 Å². The highest BCUT2D eigenvalue weighted by Crippen LogP contribution is 2.09. The van der Waals surface area contributed by atoms with Gasteiger partial charge in [-0.05, 0) is 32.0 Å². The minimum atomic E-state index is -0.393. The van der Waals surface area contributed by atoms with E-state index in [0.717, 1.165) is 0 Å². The van der Waals surface area contributed by atoms with Crippen molar-refractivity contribution in [2.45, 2.75) is 19.9 Å². The highest BCUT2D eigenvalue weighted by molar-refractivity contribution is 5.94. The first-order chi connectivity index (χ1) is 9.01. The molecule has 1 aromatic carbocycles. The smallest absolute Gasteiger partial charge is 0.315 e. The molecule has 6 heteroatoms. The lowest BCUT2D eigenvalue weighted by Crippen LogP contribution is -2.42. The summed E-state index contributed by atoms with van der Waals surface area (Å²) in [4.78, 5) is 22.8. The van der Waals surface area contributed by atoms with Gasteiger partial charge < -0.3 is 16.0 Å². The lowest BCUT2D eigenvalue weighted by Gasteiger charge is -2.10. The van der Waals surface area contributed by atoms with Gasteiger partial charge in [0.15, 0.2) is 0 Å². The Balaban J connectivity index is 2.43. The normalized spacial score (nSPS) is 9.58. The number of rotatable bonds is 4. The van der Waals surface area contributed by atoms with Crippen LogP contribution < -0.4 is 16.0 Å². The summed E-state index contributed by atoms with van der Waals surface area (Å²) in [6.45, 7) is 3.52. The van der Waals surface area contributed by atoms with Crippen LogP contribution in [-0.2, 0) is 4.79 Å². The van der Waals surface area contributed by atoms with Crippen LogP contribution in [0.4, 0.5) is 10.5 Å². The molecule has 0 aliphatic rings. The number of nitriles is 1. The maximum Gasteiger partial charge on any atom is 0.315 e. The van der Waals surface area contributed by atoms with Crippen LogP contribution in [0, 0.1) is 11.3 Å². The van der Waals surface area contributed by atoms with Crippen molar-refractivity contribution in [3.8, 4) is 6.07 Å². The molecule has 0 aromatic heterocycles. The minimum absolute atomic E-state index is 0.00960. The van der Waals surface area contributed by atoms with E-state index in [1.165, 1.54) is 0 Å². The minimum Gasteiger partial charge on any atom is -0.336 e. The van der Waals surface area contributed by atoms with Crippen molar-refractivity contribution in [3.05, 3.63) is 29.8 Å². The maximum absolute atomic E-state index is 11.6. The number of nitrogens with one attached hydrogen (secondary N) is 3. The van der Waals surface area contributed by atoms with E-state index >= 15 is 0 Å². The number of carbonyl (C=O) groups excluding carboxylic acids is 2. The van der Waals surface area contributed by atoms with Crippen LogP contribution in [0.3, 0.4) is 0 Å². The van der Waals surface area contributed by atoms with Gasteiger partial charge >= 0.3 is 6.03 Å². The highest BCUT2D eigenvalue weighted by Gasteiger charge is 2.06. The molecule has 0 saturated carbocycles. The number of anilines is 1. The zero-order valence-corrected chi connectivity index (χ0v) is 10.9. The molecule has 0 fully saturated rings. The van der Waals surface area contributed by atoms with Crippen molar-refractivity contribution >= 4 is 17.6 Å². The Labute approximate surface area is 111 Å². The van der Waals surface area contributed by atoms with Gasteiger partial charge in [-0.25, -0.2) is 4.79 Å². The summed E-state index contributed by atoms with van der Waals surface area (Å²) in [6.07, 6.45) is 0. The summed E-state index contributed by atoms with van der Waals surface area (Å²) in [5, 5.41) is 16.4. The van der Waals surface area contributed by atoms with Crippen molar-refractivity contribution in [1.29, 1.82) is 5.26 Å². The molecule has 3 N–H and O–H groups in total. The van der Waals surface area contributed by atoms with Crippen LogP contribution in [0.2, 0.25) is 0 Å². The molecule has 0 aliphatic heterocycles.